The quantitative estimate of drug-likeness (QED) is 0.748. The monoisotopic (exact) mass is 351 g/mol. The van der Waals surface area contributed by atoms with E-state index in [1.54, 1.807) is 24.3 Å². The molecular formula is C18H21F2N2OS+. The Morgan fingerprint density at radius 2 is 1.67 bits per heavy atom. The maximum atomic E-state index is 12.3. The summed E-state index contributed by atoms with van der Waals surface area (Å²) in [4.78, 5) is 12.7. The minimum Gasteiger partial charge on any atom is -0.330 e. The Bertz CT molecular complexity index is 650. The number of nitrogens with two attached hydrogens (primary N) is 1. The molecule has 0 aliphatic rings. The minimum atomic E-state index is -2.44. The van der Waals surface area contributed by atoms with Gasteiger partial charge in [-0.1, -0.05) is 42.1 Å². The fourth-order valence-electron chi connectivity index (χ4n) is 2.36. The first-order chi connectivity index (χ1) is 11.5. The van der Waals surface area contributed by atoms with Gasteiger partial charge in [0.05, 0.1) is 0 Å². The van der Waals surface area contributed by atoms with Gasteiger partial charge in [-0.25, -0.2) is 0 Å². The molecule has 0 bridgehead atoms. The summed E-state index contributed by atoms with van der Waals surface area (Å²) in [6.45, 7) is 3.89. The van der Waals surface area contributed by atoms with Crippen molar-refractivity contribution >= 4 is 23.4 Å². The lowest BCUT2D eigenvalue weighted by atomic mass is 10.1. The average Bonchev–Trinajstić information content (AvgIpc) is 2.56. The molecule has 2 rings (SSSR count). The van der Waals surface area contributed by atoms with Crippen LogP contribution >= 0.6 is 11.8 Å². The summed E-state index contributed by atoms with van der Waals surface area (Å²) >= 11 is 0.486. The van der Waals surface area contributed by atoms with Gasteiger partial charge in [-0.2, -0.15) is 8.78 Å². The van der Waals surface area contributed by atoms with Crippen molar-refractivity contribution in [3.8, 4) is 0 Å². The lowest BCUT2D eigenvalue weighted by molar-refractivity contribution is -0.709. The molecule has 0 aliphatic carbocycles. The Morgan fingerprint density at radius 3 is 2.25 bits per heavy atom. The number of carbonyl (C=O) groups is 1. The highest BCUT2D eigenvalue weighted by Crippen LogP contribution is 2.26. The predicted molar refractivity (Wildman–Crippen MR) is 93.2 cm³/mol. The van der Waals surface area contributed by atoms with Crippen molar-refractivity contribution in [1.29, 1.82) is 0 Å². The van der Waals surface area contributed by atoms with Gasteiger partial charge in [0.15, 0.2) is 6.04 Å². The fraction of sp³-hybridized carbons (Fsp3) is 0.278. The Labute approximate surface area is 144 Å². The van der Waals surface area contributed by atoms with E-state index in [4.69, 9.17) is 0 Å². The number of nitrogens with one attached hydrogen (secondary N) is 1. The molecule has 2 atom stereocenters. The number of alkyl halides is 2. The van der Waals surface area contributed by atoms with E-state index in [0.717, 1.165) is 5.56 Å². The van der Waals surface area contributed by atoms with E-state index < -0.39 is 5.76 Å². The Hall–Kier alpha value is -1.92. The third-order valence-electron chi connectivity index (χ3n) is 3.66. The smallest absolute Gasteiger partial charge is 0.288 e. The molecule has 128 valence electrons. The number of benzene rings is 2. The number of quaternary nitrogens is 1. The van der Waals surface area contributed by atoms with Gasteiger partial charge in [0.1, 0.15) is 6.04 Å². The Kier molecular flexibility index (Phi) is 6.75. The van der Waals surface area contributed by atoms with Gasteiger partial charge in [-0.15, -0.1) is 0 Å². The summed E-state index contributed by atoms with van der Waals surface area (Å²) in [5, 5.41) is 4.80. The fourth-order valence-corrected chi connectivity index (χ4v) is 2.86. The van der Waals surface area contributed by atoms with Gasteiger partial charge >= 0.3 is 0 Å². The number of amides is 1. The van der Waals surface area contributed by atoms with Gasteiger partial charge in [0.25, 0.3) is 11.7 Å². The molecule has 3 N–H and O–H groups in total. The molecule has 0 radical (unpaired) electrons. The van der Waals surface area contributed by atoms with E-state index in [1.165, 1.54) is 0 Å². The predicted octanol–water partition coefficient (Wildman–Crippen LogP) is 3.65. The van der Waals surface area contributed by atoms with Gasteiger partial charge < -0.3 is 10.6 Å². The van der Waals surface area contributed by atoms with Crippen LogP contribution in [0.2, 0.25) is 0 Å². The van der Waals surface area contributed by atoms with Crippen LogP contribution in [0.15, 0.2) is 59.5 Å². The maximum Gasteiger partial charge on any atom is 0.288 e. The van der Waals surface area contributed by atoms with Crippen molar-refractivity contribution in [2.24, 2.45) is 0 Å². The molecule has 0 aliphatic heterocycles. The first kappa shape index (κ1) is 18.4. The van der Waals surface area contributed by atoms with Gasteiger partial charge in [0, 0.05) is 16.1 Å². The van der Waals surface area contributed by atoms with Crippen LogP contribution in [0.25, 0.3) is 0 Å². The lowest BCUT2D eigenvalue weighted by Gasteiger charge is -2.17. The van der Waals surface area contributed by atoms with E-state index in [2.05, 4.69) is 12.2 Å². The summed E-state index contributed by atoms with van der Waals surface area (Å²) in [5.41, 5.74) is 1.76. The minimum absolute atomic E-state index is 0.118. The largest absolute Gasteiger partial charge is 0.330 e. The SMILES string of the molecule is C[C@H]([NH2+][C@H](C)C(=O)Nc1ccc(SC(F)F)cc1)c1ccccc1. The molecule has 0 spiro atoms. The van der Waals surface area contributed by atoms with Crippen LogP contribution < -0.4 is 10.6 Å². The summed E-state index contributed by atoms with van der Waals surface area (Å²) < 4.78 is 24.6. The number of thioether (sulfide) groups is 1. The normalized spacial score (nSPS) is 13.5. The molecule has 1 amide bonds. The van der Waals surface area contributed by atoms with Crippen LogP contribution in [0.1, 0.15) is 25.5 Å². The molecule has 0 aromatic heterocycles. The molecule has 24 heavy (non-hydrogen) atoms. The van der Waals surface area contributed by atoms with Crippen LogP contribution in [0, 0.1) is 0 Å². The number of rotatable bonds is 7. The number of hydrogen-bond acceptors (Lipinski definition) is 2. The second kappa shape index (κ2) is 8.80. The van der Waals surface area contributed by atoms with E-state index in [0.29, 0.717) is 22.3 Å². The van der Waals surface area contributed by atoms with Crippen molar-refractivity contribution in [1.82, 2.24) is 0 Å². The molecular weight excluding hydrogens is 330 g/mol. The van der Waals surface area contributed by atoms with Crippen molar-refractivity contribution in [2.75, 3.05) is 5.32 Å². The third kappa shape index (κ3) is 5.62. The second-order valence-corrected chi connectivity index (χ2v) is 6.64. The van der Waals surface area contributed by atoms with Crippen LogP contribution in [-0.4, -0.2) is 17.7 Å². The van der Waals surface area contributed by atoms with Crippen molar-refractivity contribution < 1.29 is 18.9 Å². The van der Waals surface area contributed by atoms with Crippen LogP contribution in [0.3, 0.4) is 0 Å². The van der Waals surface area contributed by atoms with Gasteiger partial charge in [-0.05, 0) is 38.1 Å². The zero-order valence-corrected chi connectivity index (χ0v) is 14.4. The number of carbonyl (C=O) groups excluding carboxylic acids is 1. The summed E-state index contributed by atoms with van der Waals surface area (Å²) in [6, 6.07) is 16.3. The van der Waals surface area contributed by atoms with Crippen LogP contribution in [0.5, 0.6) is 0 Å². The molecule has 6 heteroatoms. The van der Waals surface area contributed by atoms with E-state index in [9.17, 15) is 13.6 Å². The molecule has 0 heterocycles. The average molecular weight is 351 g/mol. The highest BCUT2D eigenvalue weighted by atomic mass is 32.2. The maximum absolute atomic E-state index is 12.3. The van der Waals surface area contributed by atoms with Gasteiger partial charge in [-0.3, -0.25) is 4.79 Å². The van der Waals surface area contributed by atoms with E-state index in [-0.39, 0.29) is 18.0 Å². The molecule has 0 fully saturated rings. The van der Waals surface area contributed by atoms with Gasteiger partial charge in [0.2, 0.25) is 0 Å². The summed E-state index contributed by atoms with van der Waals surface area (Å²) in [7, 11) is 0. The molecule has 0 saturated carbocycles. The summed E-state index contributed by atoms with van der Waals surface area (Å²) in [5.74, 6) is -2.56. The van der Waals surface area contributed by atoms with Crippen molar-refractivity contribution in [3.63, 3.8) is 0 Å². The summed E-state index contributed by atoms with van der Waals surface area (Å²) in [6.07, 6.45) is 0. The topological polar surface area (TPSA) is 45.7 Å². The standard InChI is InChI=1S/C18H20F2N2OS/c1-12(14-6-4-3-5-7-14)21-13(2)17(23)22-15-8-10-16(11-9-15)24-18(19)20/h3-13,18,21H,1-2H3,(H,22,23)/p+1/t12-,13+/m0/s1. The first-order valence-corrected chi connectivity index (χ1v) is 8.59. The highest BCUT2D eigenvalue weighted by Gasteiger charge is 2.20. The number of anilines is 1. The molecule has 0 saturated heterocycles. The van der Waals surface area contributed by atoms with Crippen molar-refractivity contribution in [3.05, 3.63) is 60.2 Å². The van der Waals surface area contributed by atoms with E-state index >= 15 is 0 Å². The van der Waals surface area contributed by atoms with Crippen LogP contribution in [-0.2, 0) is 4.79 Å². The highest BCUT2D eigenvalue weighted by molar-refractivity contribution is 7.99. The van der Waals surface area contributed by atoms with E-state index in [1.807, 2.05) is 42.6 Å². The zero-order valence-electron chi connectivity index (χ0n) is 13.6. The molecule has 2 aromatic carbocycles. The second-order valence-electron chi connectivity index (χ2n) is 5.57. The number of halogens is 2. The zero-order chi connectivity index (χ0) is 17.5. The van der Waals surface area contributed by atoms with Crippen LogP contribution in [0.4, 0.5) is 14.5 Å². The Morgan fingerprint density at radius 1 is 1.04 bits per heavy atom. The molecule has 2 aromatic rings. The Balaban J connectivity index is 1.89. The first-order valence-electron chi connectivity index (χ1n) is 7.71. The molecule has 0 unspecified atom stereocenters. The molecule has 3 nitrogen and oxygen atoms in total. The number of hydrogen-bond donors (Lipinski definition) is 2. The third-order valence-corrected chi connectivity index (χ3v) is 4.39. The lowest BCUT2D eigenvalue weighted by Crippen LogP contribution is -2.91. The van der Waals surface area contributed by atoms with Crippen molar-refractivity contribution in [2.45, 2.75) is 36.6 Å².